The molecule has 6 heteroatoms. The standard InChI is InChI=1S/C11H18BNO4/c1-13(2)7-9-10(15-3)5-8(17-12-14)6-11(9)16-4/h5-6,12,14H,7H2,1-4H3. The molecular formula is C11H18BNO4. The second kappa shape index (κ2) is 6.37. The van der Waals surface area contributed by atoms with Gasteiger partial charge in [-0.05, 0) is 14.1 Å². The van der Waals surface area contributed by atoms with E-state index in [9.17, 15) is 0 Å². The van der Waals surface area contributed by atoms with E-state index >= 15 is 0 Å². The van der Waals surface area contributed by atoms with E-state index in [1.807, 2.05) is 19.0 Å². The van der Waals surface area contributed by atoms with Crippen molar-refractivity contribution in [3.05, 3.63) is 17.7 Å². The summed E-state index contributed by atoms with van der Waals surface area (Å²) in [5.41, 5.74) is 0.949. The first kappa shape index (κ1) is 13.7. The minimum atomic E-state index is -0.376. The second-order valence-electron chi connectivity index (χ2n) is 3.82. The largest absolute Gasteiger partial charge is 0.539 e. The van der Waals surface area contributed by atoms with Gasteiger partial charge in [-0.1, -0.05) is 0 Å². The van der Waals surface area contributed by atoms with Crippen LogP contribution in [0.2, 0.25) is 0 Å². The number of hydrogen-bond acceptors (Lipinski definition) is 5. The van der Waals surface area contributed by atoms with Gasteiger partial charge < -0.3 is 24.1 Å². The smallest absolute Gasteiger partial charge is 0.504 e. The molecule has 0 saturated carbocycles. The summed E-state index contributed by atoms with van der Waals surface area (Å²) in [4.78, 5) is 2.02. The molecule has 5 nitrogen and oxygen atoms in total. The highest BCUT2D eigenvalue weighted by molar-refractivity contribution is 6.17. The molecular weight excluding hydrogens is 221 g/mol. The summed E-state index contributed by atoms with van der Waals surface area (Å²) in [7, 11) is 6.75. The van der Waals surface area contributed by atoms with Gasteiger partial charge in [-0.2, -0.15) is 0 Å². The zero-order chi connectivity index (χ0) is 12.8. The summed E-state index contributed by atoms with van der Waals surface area (Å²) < 4.78 is 15.6. The molecule has 0 aromatic heterocycles. The van der Waals surface area contributed by atoms with Crippen LogP contribution in [0.1, 0.15) is 5.56 Å². The fraction of sp³-hybridized carbons (Fsp3) is 0.455. The Morgan fingerprint density at radius 3 is 2.06 bits per heavy atom. The molecule has 0 radical (unpaired) electrons. The topological polar surface area (TPSA) is 51.2 Å². The van der Waals surface area contributed by atoms with Gasteiger partial charge in [-0.25, -0.2) is 0 Å². The van der Waals surface area contributed by atoms with Crippen LogP contribution in [0, 0.1) is 0 Å². The van der Waals surface area contributed by atoms with Gasteiger partial charge in [-0.15, -0.1) is 0 Å². The van der Waals surface area contributed by atoms with E-state index in [1.165, 1.54) is 0 Å². The molecule has 0 amide bonds. The fourth-order valence-electron chi connectivity index (χ4n) is 1.59. The zero-order valence-corrected chi connectivity index (χ0v) is 10.7. The quantitative estimate of drug-likeness (QED) is 0.728. The molecule has 0 spiro atoms. The molecule has 1 rings (SSSR count). The first-order chi connectivity index (χ1) is 8.12. The molecule has 0 bridgehead atoms. The molecule has 0 aliphatic carbocycles. The first-order valence-corrected chi connectivity index (χ1v) is 5.25. The number of nitrogens with zero attached hydrogens (tertiary/aromatic N) is 1. The molecule has 0 saturated heterocycles. The Labute approximate surface area is 102 Å². The van der Waals surface area contributed by atoms with Crippen molar-refractivity contribution in [1.82, 2.24) is 4.90 Å². The van der Waals surface area contributed by atoms with Crippen molar-refractivity contribution < 1.29 is 19.2 Å². The van der Waals surface area contributed by atoms with E-state index in [0.717, 1.165) is 5.56 Å². The molecule has 1 aromatic carbocycles. The van der Waals surface area contributed by atoms with E-state index in [-0.39, 0.29) is 7.69 Å². The summed E-state index contributed by atoms with van der Waals surface area (Å²) in [6.45, 7) is 0.700. The summed E-state index contributed by atoms with van der Waals surface area (Å²) in [6, 6.07) is 3.47. The number of rotatable bonds is 6. The summed E-state index contributed by atoms with van der Waals surface area (Å²) in [5, 5.41) is 8.75. The third-order valence-corrected chi connectivity index (χ3v) is 2.29. The average molecular weight is 239 g/mol. The Balaban J connectivity index is 3.16. The van der Waals surface area contributed by atoms with Crippen LogP contribution in [0.25, 0.3) is 0 Å². The SMILES string of the molecule is COc1cc(OBO)cc(OC)c1CN(C)C. The zero-order valence-electron chi connectivity index (χ0n) is 10.7. The molecule has 0 aliphatic heterocycles. The van der Waals surface area contributed by atoms with E-state index in [1.54, 1.807) is 26.4 Å². The minimum Gasteiger partial charge on any atom is -0.539 e. The Kier molecular flexibility index (Phi) is 5.12. The minimum absolute atomic E-state index is 0.376. The van der Waals surface area contributed by atoms with Crippen LogP contribution in [-0.2, 0) is 6.54 Å². The predicted molar refractivity (Wildman–Crippen MR) is 66.9 cm³/mol. The van der Waals surface area contributed by atoms with E-state index in [4.69, 9.17) is 19.2 Å². The monoisotopic (exact) mass is 239 g/mol. The van der Waals surface area contributed by atoms with E-state index in [0.29, 0.717) is 23.8 Å². The Bertz CT molecular complexity index is 345. The van der Waals surface area contributed by atoms with Gasteiger partial charge in [0.15, 0.2) is 0 Å². The lowest BCUT2D eigenvalue weighted by molar-refractivity contribution is 0.345. The predicted octanol–water partition coefficient (Wildman–Crippen LogP) is 0.403. The van der Waals surface area contributed by atoms with Crippen LogP contribution in [0.4, 0.5) is 0 Å². The molecule has 0 atom stereocenters. The van der Waals surface area contributed by atoms with E-state index in [2.05, 4.69) is 0 Å². The van der Waals surface area contributed by atoms with Crippen molar-refractivity contribution in [3.63, 3.8) is 0 Å². The lowest BCUT2D eigenvalue weighted by Gasteiger charge is -2.18. The van der Waals surface area contributed by atoms with Crippen molar-refractivity contribution in [2.45, 2.75) is 6.54 Å². The van der Waals surface area contributed by atoms with Crippen LogP contribution >= 0.6 is 0 Å². The third kappa shape index (κ3) is 3.54. The van der Waals surface area contributed by atoms with Gasteiger partial charge in [0.25, 0.3) is 0 Å². The Morgan fingerprint density at radius 2 is 1.71 bits per heavy atom. The van der Waals surface area contributed by atoms with Crippen molar-refractivity contribution >= 4 is 7.69 Å². The third-order valence-electron chi connectivity index (χ3n) is 2.29. The summed E-state index contributed by atoms with van der Waals surface area (Å²) in [6.07, 6.45) is 0. The van der Waals surface area contributed by atoms with Crippen molar-refractivity contribution in [3.8, 4) is 17.2 Å². The van der Waals surface area contributed by atoms with Crippen LogP contribution in [0.5, 0.6) is 17.2 Å². The first-order valence-electron chi connectivity index (χ1n) is 5.25. The van der Waals surface area contributed by atoms with Crippen LogP contribution in [0.3, 0.4) is 0 Å². The van der Waals surface area contributed by atoms with Crippen molar-refractivity contribution in [2.75, 3.05) is 28.3 Å². The maximum Gasteiger partial charge on any atom is 0.504 e. The molecule has 0 aliphatic rings. The lowest BCUT2D eigenvalue weighted by atomic mass is 10.1. The molecule has 17 heavy (non-hydrogen) atoms. The normalized spacial score (nSPS) is 10.2. The number of benzene rings is 1. The van der Waals surface area contributed by atoms with Crippen LogP contribution in [-0.4, -0.2) is 45.9 Å². The Morgan fingerprint density at radius 1 is 1.18 bits per heavy atom. The highest BCUT2D eigenvalue weighted by Crippen LogP contribution is 2.34. The van der Waals surface area contributed by atoms with Gasteiger partial charge in [-0.3, -0.25) is 0 Å². The van der Waals surface area contributed by atoms with Crippen LogP contribution in [0.15, 0.2) is 12.1 Å². The van der Waals surface area contributed by atoms with Gasteiger partial charge in [0, 0.05) is 18.7 Å². The number of ether oxygens (including phenoxy) is 2. The fourth-order valence-corrected chi connectivity index (χ4v) is 1.59. The van der Waals surface area contributed by atoms with Gasteiger partial charge in [0.2, 0.25) is 0 Å². The number of hydrogen-bond donors (Lipinski definition) is 1. The molecule has 0 fully saturated rings. The average Bonchev–Trinajstić information content (AvgIpc) is 2.30. The molecule has 94 valence electrons. The van der Waals surface area contributed by atoms with E-state index < -0.39 is 0 Å². The van der Waals surface area contributed by atoms with Crippen LogP contribution < -0.4 is 14.1 Å². The second-order valence-corrected chi connectivity index (χ2v) is 3.82. The van der Waals surface area contributed by atoms with Gasteiger partial charge >= 0.3 is 7.69 Å². The Hall–Kier alpha value is -1.40. The molecule has 1 aromatic rings. The van der Waals surface area contributed by atoms with Crippen molar-refractivity contribution in [2.24, 2.45) is 0 Å². The summed E-state index contributed by atoms with van der Waals surface area (Å²) >= 11 is 0. The molecule has 1 N–H and O–H groups in total. The maximum atomic E-state index is 8.75. The highest BCUT2D eigenvalue weighted by atomic mass is 16.5. The number of methoxy groups -OCH3 is 2. The maximum absolute atomic E-state index is 8.75. The molecule has 0 heterocycles. The van der Waals surface area contributed by atoms with Crippen molar-refractivity contribution in [1.29, 1.82) is 0 Å². The van der Waals surface area contributed by atoms with Gasteiger partial charge in [0.05, 0.1) is 19.8 Å². The lowest BCUT2D eigenvalue weighted by Crippen LogP contribution is -2.13. The van der Waals surface area contributed by atoms with Gasteiger partial charge in [0.1, 0.15) is 17.2 Å². The highest BCUT2D eigenvalue weighted by Gasteiger charge is 2.13. The summed E-state index contributed by atoms with van der Waals surface area (Å²) in [5.74, 6) is 1.88. The molecule has 0 unspecified atom stereocenters.